The van der Waals surface area contributed by atoms with Crippen LogP contribution in [0.1, 0.15) is 206 Å². The summed E-state index contributed by atoms with van der Waals surface area (Å²) in [5, 5.41) is 11.9. The molecule has 1 amide bonds. The quantitative estimate of drug-likeness (QED) is 0.0339. The fourth-order valence-electron chi connectivity index (χ4n) is 6.09. The molecule has 0 fully saturated rings. The number of rotatable bonds is 37. The monoisotopic (exact) mass is 691 g/mol. The lowest BCUT2D eigenvalue weighted by atomic mass is 10.0. The Morgan fingerprint density at radius 3 is 1.59 bits per heavy atom. The number of hydrogen-bond donors (Lipinski definition) is 3. The standard InChI is InChI=1S/C42H78N2O5/c1-3-5-7-9-11-13-15-17-19-21-26-30-36-41(46)49-38(32-27-23-20-18-16-14-12-10-8-6-4-2)33-28-24-22-25-29-35-40(45)44-39(42(47)48)34-31-37-43/h11,13,18,20,38-39H,3-10,12,14-17,19,21-37,43H2,1-2H3,(H,44,45)(H,47,48)/b13-11-,20-18-. The van der Waals surface area contributed by atoms with Crippen molar-refractivity contribution in [2.75, 3.05) is 6.54 Å². The summed E-state index contributed by atoms with van der Waals surface area (Å²) in [6, 6.07) is -0.858. The summed E-state index contributed by atoms with van der Waals surface area (Å²) in [7, 11) is 0. The first kappa shape index (κ1) is 46.9. The van der Waals surface area contributed by atoms with E-state index < -0.39 is 12.0 Å². The van der Waals surface area contributed by atoms with Crippen LogP contribution in [0.4, 0.5) is 0 Å². The van der Waals surface area contributed by atoms with Crippen LogP contribution in [0.5, 0.6) is 0 Å². The molecule has 0 aromatic heterocycles. The Morgan fingerprint density at radius 1 is 0.571 bits per heavy atom. The van der Waals surface area contributed by atoms with Gasteiger partial charge in [0.1, 0.15) is 12.1 Å². The topological polar surface area (TPSA) is 119 Å². The van der Waals surface area contributed by atoms with E-state index in [4.69, 9.17) is 10.5 Å². The van der Waals surface area contributed by atoms with Crippen LogP contribution in [0.2, 0.25) is 0 Å². The van der Waals surface area contributed by atoms with Crippen LogP contribution >= 0.6 is 0 Å². The molecular formula is C42H78N2O5. The maximum atomic E-state index is 12.7. The van der Waals surface area contributed by atoms with Crippen molar-refractivity contribution in [3.8, 4) is 0 Å². The fourth-order valence-corrected chi connectivity index (χ4v) is 6.09. The minimum Gasteiger partial charge on any atom is -0.480 e. The third kappa shape index (κ3) is 34.1. The van der Waals surface area contributed by atoms with E-state index in [0.717, 1.165) is 77.0 Å². The molecule has 7 heteroatoms. The number of amides is 1. The molecule has 0 saturated heterocycles. The van der Waals surface area contributed by atoms with E-state index in [1.165, 1.54) is 89.9 Å². The molecule has 0 heterocycles. The molecule has 0 radical (unpaired) electrons. The van der Waals surface area contributed by atoms with E-state index in [1.54, 1.807) is 0 Å². The van der Waals surface area contributed by atoms with Crippen LogP contribution in [-0.2, 0) is 19.1 Å². The first-order valence-electron chi connectivity index (χ1n) is 20.7. The lowest BCUT2D eigenvalue weighted by Gasteiger charge is -2.18. The van der Waals surface area contributed by atoms with Crippen LogP contribution in [0.15, 0.2) is 24.3 Å². The van der Waals surface area contributed by atoms with Crippen LogP contribution in [0, 0.1) is 0 Å². The molecular weight excluding hydrogens is 612 g/mol. The molecule has 4 N–H and O–H groups in total. The minimum atomic E-state index is -1.01. The highest BCUT2D eigenvalue weighted by molar-refractivity contribution is 5.83. The number of nitrogens with two attached hydrogens (primary N) is 1. The van der Waals surface area contributed by atoms with Gasteiger partial charge in [-0.25, -0.2) is 4.79 Å². The first-order chi connectivity index (χ1) is 23.9. The van der Waals surface area contributed by atoms with Crippen molar-refractivity contribution in [1.82, 2.24) is 5.32 Å². The number of carboxylic acid groups (broad SMARTS) is 1. The van der Waals surface area contributed by atoms with Crippen LogP contribution in [0.25, 0.3) is 0 Å². The molecule has 7 nitrogen and oxygen atoms in total. The highest BCUT2D eigenvalue weighted by Crippen LogP contribution is 2.18. The summed E-state index contributed by atoms with van der Waals surface area (Å²) >= 11 is 0. The molecule has 0 aliphatic rings. The lowest BCUT2D eigenvalue weighted by Crippen LogP contribution is -2.40. The third-order valence-electron chi connectivity index (χ3n) is 9.24. The Balaban J connectivity index is 4.37. The molecule has 0 spiro atoms. The predicted octanol–water partition coefficient (Wildman–Crippen LogP) is 11.3. The second kappa shape index (κ2) is 37.1. The number of esters is 1. The Hall–Kier alpha value is -2.15. The smallest absolute Gasteiger partial charge is 0.326 e. The van der Waals surface area contributed by atoms with E-state index in [9.17, 15) is 19.5 Å². The van der Waals surface area contributed by atoms with E-state index in [1.807, 2.05) is 0 Å². The summed E-state index contributed by atoms with van der Waals surface area (Å²) < 4.78 is 6.00. The molecule has 0 aliphatic heterocycles. The van der Waals surface area contributed by atoms with Gasteiger partial charge in [0, 0.05) is 12.8 Å². The second-order valence-corrected chi connectivity index (χ2v) is 14.0. The Bertz CT molecular complexity index is 828. The van der Waals surface area contributed by atoms with E-state index >= 15 is 0 Å². The van der Waals surface area contributed by atoms with Gasteiger partial charge in [-0.3, -0.25) is 9.59 Å². The first-order valence-corrected chi connectivity index (χ1v) is 20.7. The van der Waals surface area contributed by atoms with Gasteiger partial charge >= 0.3 is 11.9 Å². The Kier molecular flexibility index (Phi) is 35.5. The zero-order valence-electron chi connectivity index (χ0n) is 32.0. The number of carboxylic acids is 1. The van der Waals surface area contributed by atoms with E-state index in [-0.39, 0.29) is 18.0 Å². The van der Waals surface area contributed by atoms with E-state index in [2.05, 4.69) is 43.5 Å². The van der Waals surface area contributed by atoms with Crippen LogP contribution < -0.4 is 11.1 Å². The van der Waals surface area contributed by atoms with E-state index in [0.29, 0.717) is 32.2 Å². The predicted molar refractivity (Wildman–Crippen MR) is 207 cm³/mol. The third-order valence-corrected chi connectivity index (χ3v) is 9.24. The number of carbonyl (C=O) groups excluding carboxylic acids is 2. The average Bonchev–Trinajstić information content (AvgIpc) is 3.08. The molecule has 286 valence electrons. The van der Waals surface area contributed by atoms with Gasteiger partial charge in [0.15, 0.2) is 0 Å². The Morgan fingerprint density at radius 2 is 1.02 bits per heavy atom. The lowest BCUT2D eigenvalue weighted by molar-refractivity contribution is -0.150. The summed E-state index contributed by atoms with van der Waals surface area (Å²) in [6.45, 7) is 4.91. The van der Waals surface area contributed by atoms with Gasteiger partial charge in [-0.05, 0) is 103 Å². The van der Waals surface area contributed by atoms with Gasteiger partial charge in [0.2, 0.25) is 5.91 Å². The number of hydrogen-bond acceptors (Lipinski definition) is 5. The summed E-state index contributed by atoms with van der Waals surface area (Å²) in [5.74, 6) is -1.26. The van der Waals surface area contributed by atoms with Crippen molar-refractivity contribution < 1.29 is 24.2 Å². The zero-order chi connectivity index (χ0) is 36.0. The van der Waals surface area contributed by atoms with Crippen LogP contribution in [0.3, 0.4) is 0 Å². The van der Waals surface area contributed by atoms with Crippen molar-refractivity contribution in [1.29, 1.82) is 0 Å². The molecule has 0 aliphatic carbocycles. The Labute approximate surface area is 302 Å². The second-order valence-electron chi connectivity index (χ2n) is 14.0. The van der Waals surface area contributed by atoms with Gasteiger partial charge < -0.3 is 20.9 Å². The van der Waals surface area contributed by atoms with Crippen molar-refractivity contribution >= 4 is 17.8 Å². The highest BCUT2D eigenvalue weighted by Gasteiger charge is 2.19. The molecule has 49 heavy (non-hydrogen) atoms. The number of allylic oxidation sites excluding steroid dienone is 4. The summed E-state index contributed by atoms with van der Waals surface area (Å²) in [6.07, 6.45) is 40.7. The zero-order valence-corrected chi connectivity index (χ0v) is 32.0. The average molecular weight is 691 g/mol. The fraction of sp³-hybridized carbons (Fsp3) is 0.833. The van der Waals surface area contributed by atoms with Crippen LogP contribution in [-0.4, -0.2) is 41.6 Å². The summed E-state index contributed by atoms with van der Waals surface area (Å²) in [5.41, 5.74) is 5.48. The number of unbranched alkanes of at least 4 members (excludes halogenated alkanes) is 19. The highest BCUT2D eigenvalue weighted by atomic mass is 16.5. The number of ether oxygens (including phenoxy) is 1. The normalized spacial score (nSPS) is 12.9. The van der Waals surface area contributed by atoms with Gasteiger partial charge in [0.05, 0.1) is 0 Å². The van der Waals surface area contributed by atoms with Crippen molar-refractivity contribution in [3.63, 3.8) is 0 Å². The van der Waals surface area contributed by atoms with Gasteiger partial charge in [-0.1, -0.05) is 122 Å². The molecule has 2 atom stereocenters. The molecule has 2 unspecified atom stereocenters. The van der Waals surface area contributed by atoms with Crippen molar-refractivity contribution in [3.05, 3.63) is 24.3 Å². The largest absolute Gasteiger partial charge is 0.480 e. The van der Waals surface area contributed by atoms with Gasteiger partial charge in [-0.2, -0.15) is 0 Å². The van der Waals surface area contributed by atoms with Gasteiger partial charge in [0.25, 0.3) is 0 Å². The van der Waals surface area contributed by atoms with Gasteiger partial charge in [-0.15, -0.1) is 0 Å². The maximum absolute atomic E-state index is 12.7. The number of carbonyl (C=O) groups is 3. The summed E-state index contributed by atoms with van der Waals surface area (Å²) in [4.78, 5) is 36.3. The molecule has 0 saturated carbocycles. The maximum Gasteiger partial charge on any atom is 0.326 e. The molecule has 0 aromatic carbocycles. The minimum absolute atomic E-state index is 0.0178. The molecule has 0 rings (SSSR count). The number of nitrogens with one attached hydrogen (secondary N) is 1. The number of aliphatic carboxylic acids is 1. The van der Waals surface area contributed by atoms with Crippen molar-refractivity contribution in [2.45, 2.75) is 219 Å². The molecule has 0 aromatic rings. The van der Waals surface area contributed by atoms with Crippen molar-refractivity contribution in [2.24, 2.45) is 5.73 Å². The molecule has 0 bridgehead atoms. The SMILES string of the molecule is CCCCC/C=C\CCCCCCCC(=O)OC(CCC/C=C\CCCCCCCC)CCCCCCCC(=O)NC(CCCN)C(=O)O.